The van der Waals surface area contributed by atoms with Gasteiger partial charge in [0.15, 0.2) is 5.82 Å². The van der Waals surface area contributed by atoms with Crippen molar-refractivity contribution in [3.63, 3.8) is 0 Å². The van der Waals surface area contributed by atoms with Gasteiger partial charge >= 0.3 is 0 Å². The number of amides is 1. The number of carbonyl (C=O) groups is 1. The zero-order valence-electron chi connectivity index (χ0n) is 7.32. The first-order chi connectivity index (χ1) is 6.36. The van der Waals surface area contributed by atoms with Crippen LogP contribution in [0.2, 0.25) is 0 Å². The minimum Gasteiger partial charge on any atom is -0.363 e. The van der Waals surface area contributed by atoms with Crippen LogP contribution in [0.5, 0.6) is 0 Å². The van der Waals surface area contributed by atoms with Gasteiger partial charge in [0, 0.05) is 12.0 Å². The van der Waals surface area contributed by atoms with E-state index in [1.165, 1.54) is 6.26 Å². The van der Waals surface area contributed by atoms with Crippen LogP contribution in [0.1, 0.15) is 25.7 Å². The summed E-state index contributed by atoms with van der Waals surface area (Å²) in [5.74, 6) is 0.764. The van der Waals surface area contributed by atoms with Crippen molar-refractivity contribution in [3.05, 3.63) is 12.3 Å². The Morgan fingerprint density at radius 2 is 2.31 bits per heavy atom. The van der Waals surface area contributed by atoms with Crippen LogP contribution in [0, 0.1) is 5.92 Å². The summed E-state index contributed by atoms with van der Waals surface area (Å²) in [6.45, 7) is 0. The Morgan fingerprint density at radius 3 is 2.92 bits per heavy atom. The average Bonchev–Trinajstić information content (AvgIpc) is 2.74. The van der Waals surface area contributed by atoms with Gasteiger partial charge in [-0.3, -0.25) is 4.79 Å². The molecule has 1 aromatic heterocycles. The SMILES string of the molecule is O=C(Nc1ccon1)C1CCCC1. The highest BCUT2D eigenvalue weighted by Gasteiger charge is 2.22. The number of nitrogens with one attached hydrogen (secondary N) is 1. The van der Waals surface area contributed by atoms with Gasteiger partial charge in [-0.15, -0.1) is 0 Å². The number of anilines is 1. The van der Waals surface area contributed by atoms with Crippen molar-refractivity contribution >= 4 is 11.7 Å². The Bertz CT molecular complexity index is 276. The molecule has 0 aromatic carbocycles. The molecule has 0 bridgehead atoms. The van der Waals surface area contributed by atoms with Gasteiger partial charge in [-0.2, -0.15) is 0 Å². The van der Waals surface area contributed by atoms with Crippen LogP contribution in [0.25, 0.3) is 0 Å². The second kappa shape index (κ2) is 3.60. The van der Waals surface area contributed by atoms with E-state index in [1.807, 2.05) is 0 Å². The van der Waals surface area contributed by atoms with Crippen LogP contribution >= 0.6 is 0 Å². The molecular weight excluding hydrogens is 168 g/mol. The van der Waals surface area contributed by atoms with Gasteiger partial charge < -0.3 is 9.84 Å². The minimum atomic E-state index is 0.0754. The second-order valence-corrected chi connectivity index (χ2v) is 3.36. The maximum Gasteiger partial charge on any atom is 0.228 e. The molecule has 4 nitrogen and oxygen atoms in total. The van der Waals surface area contributed by atoms with E-state index in [4.69, 9.17) is 0 Å². The van der Waals surface area contributed by atoms with Gasteiger partial charge in [0.2, 0.25) is 5.91 Å². The van der Waals surface area contributed by atoms with Crippen LogP contribution in [-0.2, 0) is 4.79 Å². The van der Waals surface area contributed by atoms with E-state index in [2.05, 4.69) is 15.0 Å². The summed E-state index contributed by atoms with van der Waals surface area (Å²) >= 11 is 0. The summed E-state index contributed by atoms with van der Waals surface area (Å²) in [6.07, 6.45) is 5.78. The first-order valence-corrected chi connectivity index (χ1v) is 4.57. The number of hydrogen-bond acceptors (Lipinski definition) is 3. The van der Waals surface area contributed by atoms with Gasteiger partial charge in [-0.05, 0) is 12.8 Å². The highest BCUT2D eigenvalue weighted by Crippen LogP contribution is 2.25. The fraction of sp³-hybridized carbons (Fsp3) is 0.556. The van der Waals surface area contributed by atoms with Gasteiger partial charge in [0.05, 0.1) is 0 Å². The van der Waals surface area contributed by atoms with Gasteiger partial charge in [0.25, 0.3) is 0 Å². The lowest BCUT2D eigenvalue weighted by molar-refractivity contribution is -0.119. The predicted molar refractivity (Wildman–Crippen MR) is 47.1 cm³/mol. The van der Waals surface area contributed by atoms with E-state index < -0.39 is 0 Å². The summed E-state index contributed by atoms with van der Waals surface area (Å²) in [5, 5.41) is 6.34. The van der Waals surface area contributed by atoms with Crippen LogP contribution in [0.15, 0.2) is 16.9 Å². The molecule has 0 saturated heterocycles. The maximum atomic E-state index is 11.5. The van der Waals surface area contributed by atoms with Crippen LogP contribution in [0.3, 0.4) is 0 Å². The largest absolute Gasteiger partial charge is 0.363 e. The predicted octanol–water partition coefficient (Wildman–Crippen LogP) is 1.80. The van der Waals surface area contributed by atoms with Crippen molar-refractivity contribution in [1.29, 1.82) is 0 Å². The molecule has 13 heavy (non-hydrogen) atoms. The Balaban J connectivity index is 1.91. The summed E-state index contributed by atoms with van der Waals surface area (Å²) in [7, 11) is 0. The molecule has 1 heterocycles. The number of aromatic nitrogens is 1. The molecule has 1 N–H and O–H groups in total. The van der Waals surface area contributed by atoms with E-state index in [1.54, 1.807) is 6.07 Å². The van der Waals surface area contributed by atoms with Gasteiger partial charge in [-0.1, -0.05) is 18.0 Å². The van der Waals surface area contributed by atoms with E-state index in [-0.39, 0.29) is 11.8 Å². The second-order valence-electron chi connectivity index (χ2n) is 3.36. The van der Waals surface area contributed by atoms with Crippen LogP contribution in [0.4, 0.5) is 5.82 Å². The molecule has 0 aliphatic heterocycles. The Hall–Kier alpha value is -1.32. The van der Waals surface area contributed by atoms with Gasteiger partial charge in [0.1, 0.15) is 6.26 Å². The minimum absolute atomic E-state index is 0.0754. The number of rotatable bonds is 2. The molecule has 70 valence electrons. The van der Waals surface area contributed by atoms with Gasteiger partial charge in [-0.25, -0.2) is 0 Å². The van der Waals surface area contributed by atoms with E-state index in [9.17, 15) is 4.79 Å². The summed E-state index contributed by atoms with van der Waals surface area (Å²) in [4.78, 5) is 11.5. The summed E-state index contributed by atoms with van der Waals surface area (Å²) < 4.78 is 4.61. The number of nitrogens with zero attached hydrogens (tertiary/aromatic N) is 1. The van der Waals surface area contributed by atoms with Crippen molar-refractivity contribution < 1.29 is 9.32 Å². The van der Waals surface area contributed by atoms with Crippen molar-refractivity contribution in [3.8, 4) is 0 Å². The Labute approximate surface area is 76.3 Å². The Kier molecular flexibility index (Phi) is 2.29. The molecule has 0 spiro atoms. The molecule has 0 radical (unpaired) electrons. The lowest BCUT2D eigenvalue weighted by atomic mass is 10.1. The van der Waals surface area contributed by atoms with Crippen molar-refractivity contribution in [1.82, 2.24) is 5.16 Å². The van der Waals surface area contributed by atoms with E-state index >= 15 is 0 Å². The third kappa shape index (κ3) is 1.88. The third-order valence-electron chi connectivity index (χ3n) is 2.42. The molecule has 0 atom stereocenters. The molecular formula is C9H12N2O2. The van der Waals surface area contributed by atoms with E-state index in [0.29, 0.717) is 5.82 Å². The summed E-state index contributed by atoms with van der Waals surface area (Å²) in [6, 6.07) is 1.65. The number of carbonyl (C=O) groups excluding carboxylic acids is 1. The van der Waals surface area contributed by atoms with Crippen molar-refractivity contribution in [2.75, 3.05) is 5.32 Å². The zero-order valence-corrected chi connectivity index (χ0v) is 7.32. The molecule has 1 saturated carbocycles. The molecule has 1 aliphatic rings. The topological polar surface area (TPSA) is 55.1 Å². The molecule has 4 heteroatoms. The third-order valence-corrected chi connectivity index (χ3v) is 2.42. The lowest BCUT2D eigenvalue weighted by Crippen LogP contribution is -2.20. The smallest absolute Gasteiger partial charge is 0.228 e. The monoisotopic (exact) mass is 180 g/mol. The summed E-state index contributed by atoms with van der Waals surface area (Å²) in [5.41, 5.74) is 0. The quantitative estimate of drug-likeness (QED) is 0.755. The lowest BCUT2D eigenvalue weighted by Gasteiger charge is -2.06. The highest BCUT2D eigenvalue weighted by atomic mass is 16.5. The molecule has 1 aliphatic carbocycles. The fourth-order valence-corrected chi connectivity index (χ4v) is 1.69. The zero-order chi connectivity index (χ0) is 9.10. The number of hydrogen-bond donors (Lipinski definition) is 1. The molecule has 0 unspecified atom stereocenters. The van der Waals surface area contributed by atoms with E-state index in [0.717, 1.165) is 25.7 Å². The fourth-order valence-electron chi connectivity index (χ4n) is 1.69. The van der Waals surface area contributed by atoms with Crippen LogP contribution < -0.4 is 5.32 Å². The first-order valence-electron chi connectivity index (χ1n) is 4.57. The normalized spacial score (nSPS) is 17.5. The molecule has 1 fully saturated rings. The van der Waals surface area contributed by atoms with Crippen LogP contribution in [-0.4, -0.2) is 11.1 Å². The molecule has 1 amide bonds. The maximum absolute atomic E-state index is 11.5. The highest BCUT2D eigenvalue weighted by molar-refractivity contribution is 5.91. The average molecular weight is 180 g/mol. The van der Waals surface area contributed by atoms with Crippen molar-refractivity contribution in [2.24, 2.45) is 5.92 Å². The Morgan fingerprint density at radius 1 is 1.54 bits per heavy atom. The molecule has 2 rings (SSSR count). The van der Waals surface area contributed by atoms with Crippen molar-refractivity contribution in [2.45, 2.75) is 25.7 Å². The first kappa shape index (κ1) is 8.29. The molecule has 1 aromatic rings. The standard InChI is InChI=1S/C9H12N2O2/c12-9(7-3-1-2-4-7)10-8-5-6-13-11-8/h5-7H,1-4H2,(H,10,11,12).